The number of ether oxygens (including phenoxy) is 2. The second-order valence-electron chi connectivity index (χ2n) is 8.48. The molecule has 0 fully saturated rings. The zero-order valence-electron chi connectivity index (χ0n) is 31.1. The fraction of sp³-hybridized carbons (Fsp3) is 0.302. The predicted molar refractivity (Wildman–Crippen MR) is 210 cm³/mol. The van der Waals surface area contributed by atoms with Crippen LogP contribution in [0, 0.1) is 0 Å². The summed E-state index contributed by atoms with van der Waals surface area (Å²) in [7, 11) is 1.69. The number of benzene rings is 5. The van der Waals surface area contributed by atoms with E-state index in [0.29, 0.717) is 6.61 Å². The van der Waals surface area contributed by atoms with Crippen molar-refractivity contribution in [2.45, 2.75) is 76.2 Å². The van der Waals surface area contributed by atoms with Crippen molar-refractivity contribution in [2.75, 3.05) is 23.5 Å². The minimum Gasteiger partial charge on any atom is -0.497 e. The molecular weight excluding hydrogens is 576 g/mol. The van der Waals surface area contributed by atoms with Crippen LogP contribution < -0.4 is 19.3 Å². The lowest BCUT2D eigenvalue weighted by Crippen LogP contribution is -2.12. The van der Waals surface area contributed by atoms with Crippen LogP contribution in [0.4, 0.5) is 34.1 Å². The van der Waals surface area contributed by atoms with E-state index in [1.165, 1.54) is 0 Å². The van der Waals surface area contributed by atoms with E-state index in [0.717, 1.165) is 45.6 Å². The molecule has 0 unspecified atom stereocenters. The molecule has 0 saturated heterocycles. The average Bonchev–Trinajstić information content (AvgIpc) is 3.18. The summed E-state index contributed by atoms with van der Waals surface area (Å²) >= 11 is 0. The van der Waals surface area contributed by atoms with Gasteiger partial charge in [-0.25, -0.2) is 0 Å². The molecule has 4 nitrogen and oxygen atoms in total. The molecule has 0 heterocycles. The van der Waals surface area contributed by atoms with Crippen molar-refractivity contribution in [1.82, 2.24) is 0 Å². The molecule has 0 radical (unpaired) electrons. The van der Waals surface area contributed by atoms with Crippen molar-refractivity contribution >= 4 is 34.1 Å². The Balaban J connectivity index is 0.00000194. The van der Waals surface area contributed by atoms with Gasteiger partial charge in [-0.1, -0.05) is 106 Å². The average molecular weight is 637 g/mol. The third-order valence-corrected chi connectivity index (χ3v) is 6.13. The number of anilines is 6. The second kappa shape index (κ2) is 26.5. The molecular formula is C43H60N2O2. The Bertz CT molecular complexity index is 1390. The molecule has 0 spiro atoms. The molecule has 0 aliphatic carbocycles. The maximum atomic E-state index is 5.66. The van der Waals surface area contributed by atoms with Crippen LogP contribution in [-0.2, 0) is 0 Å². The van der Waals surface area contributed by atoms with Gasteiger partial charge in [-0.15, -0.1) is 0 Å². The minimum atomic E-state index is 0.648. The lowest BCUT2D eigenvalue weighted by Gasteiger charge is -2.28. The van der Waals surface area contributed by atoms with Crippen molar-refractivity contribution in [1.29, 1.82) is 0 Å². The van der Waals surface area contributed by atoms with Crippen LogP contribution in [0.2, 0.25) is 0 Å². The van der Waals surface area contributed by atoms with Gasteiger partial charge in [0.2, 0.25) is 0 Å². The first-order valence-electron chi connectivity index (χ1n) is 17.4. The molecule has 5 rings (SSSR count). The van der Waals surface area contributed by atoms with E-state index in [1.54, 1.807) is 7.11 Å². The summed E-state index contributed by atoms with van der Waals surface area (Å²) in [6.45, 7) is 22.6. The van der Waals surface area contributed by atoms with Gasteiger partial charge < -0.3 is 19.3 Å². The van der Waals surface area contributed by atoms with Crippen LogP contribution in [0.5, 0.6) is 11.5 Å². The third-order valence-electron chi connectivity index (χ3n) is 6.13. The van der Waals surface area contributed by atoms with E-state index < -0.39 is 0 Å². The normalized spacial score (nSPS) is 8.94. The monoisotopic (exact) mass is 636 g/mol. The van der Waals surface area contributed by atoms with E-state index >= 15 is 0 Å². The van der Waals surface area contributed by atoms with Crippen LogP contribution in [0.1, 0.15) is 76.2 Å². The summed E-state index contributed by atoms with van der Waals surface area (Å²) in [5.41, 5.74) is 6.45. The van der Waals surface area contributed by atoms with Crippen molar-refractivity contribution in [3.05, 3.63) is 133 Å². The van der Waals surface area contributed by atoms with Crippen LogP contribution in [0.3, 0.4) is 0 Å². The number of methoxy groups -OCH3 is 1. The Kier molecular flexibility index (Phi) is 23.9. The van der Waals surface area contributed by atoms with Crippen molar-refractivity contribution < 1.29 is 9.47 Å². The van der Waals surface area contributed by atoms with Crippen molar-refractivity contribution in [3.63, 3.8) is 0 Å². The summed E-state index contributed by atoms with van der Waals surface area (Å²) in [4.78, 5) is 4.49. The lowest BCUT2D eigenvalue weighted by molar-refractivity contribution is 0.340. The minimum absolute atomic E-state index is 0.648. The summed E-state index contributed by atoms with van der Waals surface area (Å²) in [5, 5.41) is 0. The number of hydrogen-bond donors (Lipinski definition) is 0. The molecule has 0 aliphatic rings. The highest BCUT2D eigenvalue weighted by molar-refractivity contribution is 5.81. The number of rotatable bonds is 9. The summed E-state index contributed by atoms with van der Waals surface area (Å²) in [6.07, 6.45) is 0. The van der Waals surface area contributed by atoms with Gasteiger partial charge in [-0.2, -0.15) is 0 Å². The standard InChI is InChI=1S/C33H30N2O2.5C2H6/c1-3-37-33-24-20-31(21-25-33)35(27-12-8-5-9-13-27)29-16-14-28(15-17-29)34(26-10-6-4-7-11-26)30-18-22-32(36-2)23-19-30;5*1-2/h4-25H,3H2,1-2H3;5*1-2H3. The fourth-order valence-electron chi connectivity index (χ4n) is 4.39. The van der Waals surface area contributed by atoms with Gasteiger partial charge >= 0.3 is 0 Å². The van der Waals surface area contributed by atoms with E-state index in [1.807, 2.05) is 113 Å². The van der Waals surface area contributed by atoms with Gasteiger partial charge in [-0.3, -0.25) is 0 Å². The maximum absolute atomic E-state index is 5.66. The van der Waals surface area contributed by atoms with E-state index in [4.69, 9.17) is 9.47 Å². The first-order valence-corrected chi connectivity index (χ1v) is 17.4. The summed E-state index contributed by atoms with van der Waals surface area (Å²) < 4.78 is 11.0. The first kappa shape index (κ1) is 42.3. The smallest absolute Gasteiger partial charge is 0.119 e. The highest BCUT2D eigenvalue weighted by Crippen LogP contribution is 2.39. The molecule has 0 atom stereocenters. The van der Waals surface area contributed by atoms with E-state index in [9.17, 15) is 0 Å². The zero-order chi connectivity index (χ0) is 35.5. The SMILES string of the molecule is CC.CC.CC.CC.CC.CCOc1ccc(N(c2ccccc2)c2ccc(N(c3ccccc3)c3ccc(OC)cc3)cc2)cc1. The number of hydrogen-bond acceptors (Lipinski definition) is 4. The third kappa shape index (κ3) is 12.9. The van der Waals surface area contributed by atoms with Gasteiger partial charge in [0.05, 0.1) is 13.7 Å². The Morgan fingerprint density at radius 2 is 0.617 bits per heavy atom. The fourth-order valence-corrected chi connectivity index (χ4v) is 4.39. The Morgan fingerprint density at radius 3 is 0.894 bits per heavy atom. The van der Waals surface area contributed by atoms with Crippen LogP contribution >= 0.6 is 0 Å². The zero-order valence-corrected chi connectivity index (χ0v) is 31.1. The quantitative estimate of drug-likeness (QED) is 0.161. The highest BCUT2D eigenvalue weighted by atomic mass is 16.5. The molecule has 0 aromatic heterocycles. The Hall–Kier alpha value is -4.70. The van der Waals surface area contributed by atoms with Gasteiger partial charge in [0.15, 0.2) is 0 Å². The molecule has 0 N–H and O–H groups in total. The predicted octanol–water partition coefficient (Wildman–Crippen LogP) is 14.2. The molecule has 0 amide bonds. The summed E-state index contributed by atoms with van der Waals surface area (Å²) in [6, 6.07) is 45.8. The van der Waals surface area contributed by atoms with Crippen LogP contribution in [0.25, 0.3) is 0 Å². The second-order valence-corrected chi connectivity index (χ2v) is 8.48. The van der Waals surface area contributed by atoms with Crippen molar-refractivity contribution in [2.24, 2.45) is 0 Å². The van der Waals surface area contributed by atoms with Crippen LogP contribution in [-0.4, -0.2) is 13.7 Å². The Labute approximate surface area is 287 Å². The molecule has 0 bridgehead atoms. The molecule has 5 aromatic rings. The van der Waals surface area contributed by atoms with E-state index in [2.05, 4.69) is 107 Å². The number of nitrogens with zero attached hydrogens (tertiary/aromatic N) is 2. The number of para-hydroxylation sites is 2. The largest absolute Gasteiger partial charge is 0.497 e. The van der Waals surface area contributed by atoms with Gasteiger partial charge in [0, 0.05) is 34.1 Å². The highest BCUT2D eigenvalue weighted by Gasteiger charge is 2.16. The van der Waals surface area contributed by atoms with Gasteiger partial charge in [-0.05, 0) is 104 Å². The molecule has 4 heteroatoms. The van der Waals surface area contributed by atoms with Gasteiger partial charge in [0.1, 0.15) is 11.5 Å². The maximum Gasteiger partial charge on any atom is 0.119 e. The summed E-state index contributed by atoms with van der Waals surface area (Å²) in [5.74, 6) is 1.70. The Morgan fingerprint density at radius 1 is 0.362 bits per heavy atom. The molecule has 254 valence electrons. The van der Waals surface area contributed by atoms with Gasteiger partial charge in [0.25, 0.3) is 0 Å². The van der Waals surface area contributed by atoms with Crippen molar-refractivity contribution in [3.8, 4) is 11.5 Å². The molecule has 0 saturated carbocycles. The van der Waals surface area contributed by atoms with E-state index in [-0.39, 0.29) is 0 Å². The molecule has 47 heavy (non-hydrogen) atoms. The topological polar surface area (TPSA) is 24.9 Å². The molecule has 5 aromatic carbocycles. The molecule has 0 aliphatic heterocycles. The first-order chi connectivity index (χ1) is 23.3. The van der Waals surface area contributed by atoms with Crippen LogP contribution in [0.15, 0.2) is 133 Å². The lowest BCUT2D eigenvalue weighted by atomic mass is 10.1.